The zero-order chi connectivity index (χ0) is 15.2. The van der Waals surface area contributed by atoms with Gasteiger partial charge in [0.2, 0.25) is 12.7 Å². The number of aromatic nitrogens is 2. The van der Waals surface area contributed by atoms with Crippen LogP contribution in [0.5, 0.6) is 11.6 Å². The number of hydrogen-bond acceptors (Lipinski definition) is 5. The predicted molar refractivity (Wildman–Crippen MR) is 77.3 cm³/mol. The second kappa shape index (κ2) is 7.19. The number of carbonyl (C=O) groups is 1. The molecule has 0 fully saturated rings. The van der Waals surface area contributed by atoms with Crippen LogP contribution in [0.1, 0.15) is 15.9 Å². The van der Waals surface area contributed by atoms with Crippen molar-refractivity contribution >= 4 is 30.5 Å². The smallest absolute Gasteiger partial charge is 0.266 e. The third kappa shape index (κ3) is 3.79. The number of nitrogens with zero attached hydrogens (tertiary/aromatic N) is 2. The third-order valence-electron chi connectivity index (χ3n) is 2.59. The number of benzene rings is 1. The first-order valence-electron chi connectivity index (χ1n) is 5.75. The fraction of sp³-hybridized carbons (Fsp3) is 0.167. The van der Waals surface area contributed by atoms with Crippen LogP contribution in [0.25, 0.3) is 0 Å². The molecular weight excluding hydrogens is 321 g/mol. The van der Waals surface area contributed by atoms with Crippen molar-refractivity contribution in [3.63, 3.8) is 0 Å². The van der Waals surface area contributed by atoms with Gasteiger partial charge in [-0.3, -0.25) is 9.63 Å². The van der Waals surface area contributed by atoms with E-state index < -0.39 is 12.8 Å². The molecule has 0 aliphatic carbocycles. The number of hydrogen-bond donors (Lipinski definition) is 2. The summed E-state index contributed by atoms with van der Waals surface area (Å²) >= 11 is 9.30. The van der Waals surface area contributed by atoms with Gasteiger partial charge in [-0.15, -0.1) is 5.10 Å². The van der Waals surface area contributed by atoms with Crippen molar-refractivity contribution in [2.75, 3.05) is 6.86 Å². The van der Waals surface area contributed by atoms with Crippen molar-refractivity contribution in [2.45, 2.75) is 6.61 Å². The van der Waals surface area contributed by atoms with Gasteiger partial charge in [-0.05, 0) is 24.9 Å². The highest BCUT2D eigenvalue weighted by Gasteiger charge is 2.16. The molecule has 0 saturated heterocycles. The van der Waals surface area contributed by atoms with E-state index in [-0.39, 0.29) is 17.9 Å². The van der Waals surface area contributed by atoms with Crippen LogP contribution >= 0.6 is 24.6 Å². The van der Waals surface area contributed by atoms with E-state index in [1.54, 1.807) is 18.3 Å². The number of ether oxygens (including phenoxy) is 2. The molecule has 0 saturated carbocycles. The summed E-state index contributed by atoms with van der Waals surface area (Å²) in [6.45, 7) is -1.06. The van der Waals surface area contributed by atoms with Gasteiger partial charge < -0.3 is 9.47 Å². The van der Waals surface area contributed by atoms with Gasteiger partial charge in [0.1, 0.15) is 12.4 Å². The number of alkyl halides is 1. The summed E-state index contributed by atoms with van der Waals surface area (Å²) in [5, 5.41) is 3.91. The monoisotopic (exact) mass is 331 g/mol. The van der Waals surface area contributed by atoms with Crippen LogP contribution in [-0.4, -0.2) is 22.0 Å². The molecule has 9 heteroatoms. The molecule has 1 N–H and O–H groups in total. The highest BCUT2D eigenvalue weighted by Crippen LogP contribution is 2.24. The maximum Gasteiger partial charge on any atom is 0.266 e. The van der Waals surface area contributed by atoms with E-state index in [4.69, 9.17) is 21.3 Å². The molecule has 0 unspecified atom stereocenters. The topological polar surface area (TPSA) is 65.4 Å². The number of rotatable bonds is 6. The second-order valence-corrected chi connectivity index (χ2v) is 4.42. The number of amides is 1. The van der Waals surface area contributed by atoms with Gasteiger partial charge in [0.05, 0.1) is 5.56 Å². The maximum absolute atomic E-state index is 12.4. The molecule has 0 aliphatic heterocycles. The van der Waals surface area contributed by atoms with Crippen molar-refractivity contribution in [1.82, 2.24) is 14.0 Å². The van der Waals surface area contributed by atoms with E-state index in [1.807, 2.05) is 4.84 Å². The van der Waals surface area contributed by atoms with Crippen molar-refractivity contribution in [2.24, 2.45) is 0 Å². The van der Waals surface area contributed by atoms with Crippen molar-refractivity contribution in [1.29, 1.82) is 0 Å². The van der Waals surface area contributed by atoms with Gasteiger partial charge in [-0.25, -0.2) is 8.48 Å². The Kier molecular flexibility index (Phi) is 5.29. The van der Waals surface area contributed by atoms with E-state index >= 15 is 0 Å². The number of nitrogens with one attached hydrogen (secondary N) is 1. The lowest BCUT2D eigenvalue weighted by molar-refractivity contribution is 0.0977. The summed E-state index contributed by atoms with van der Waals surface area (Å²) in [5.74, 6) is -0.0443. The Morgan fingerprint density at radius 1 is 1.43 bits per heavy atom. The summed E-state index contributed by atoms with van der Waals surface area (Å²) < 4.78 is 24.0. The lowest BCUT2D eigenvalue weighted by Gasteiger charge is -2.13. The molecule has 2 aromatic rings. The van der Waals surface area contributed by atoms with Crippen LogP contribution in [0.2, 0.25) is 0 Å². The molecule has 21 heavy (non-hydrogen) atoms. The van der Waals surface area contributed by atoms with Crippen molar-refractivity contribution in [3.05, 3.63) is 41.6 Å². The number of halogens is 2. The number of carbonyl (C=O) groups excluding carboxylic acids is 1. The molecule has 0 aliphatic rings. The first kappa shape index (κ1) is 15.5. The molecule has 6 nitrogen and oxygen atoms in total. The zero-order valence-corrected chi connectivity index (χ0v) is 12.3. The highest BCUT2D eigenvalue weighted by atomic mass is 35.5. The SMILES string of the molecule is O=C(NCl)c1cccc(OCF)c1COc1ccn(S)n1. The Balaban J connectivity index is 2.27. The molecule has 2 rings (SSSR count). The Hall–Kier alpha value is -1.93. The fourth-order valence-electron chi connectivity index (χ4n) is 1.69. The van der Waals surface area contributed by atoms with Crippen LogP contribution in [0, 0.1) is 0 Å². The molecule has 112 valence electrons. The average Bonchev–Trinajstić information content (AvgIpc) is 2.91. The third-order valence-corrected chi connectivity index (χ3v) is 2.98. The van der Waals surface area contributed by atoms with E-state index in [1.165, 1.54) is 16.2 Å². The second-order valence-electron chi connectivity index (χ2n) is 3.82. The Labute approximate surface area is 130 Å². The molecule has 0 radical (unpaired) electrons. The summed E-state index contributed by atoms with van der Waals surface area (Å²) in [5.41, 5.74) is 0.586. The molecule has 0 bridgehead atoms. The predicted octanol–water partition coefficient (Wildman–Crippen LogP) is 2.34. The van der Waals surface area contributed by atoms with Gasteiger partial charge in [-0.1, -0.05) is 6.07 Å². The van der Waals surface area contributed by atoms with Crippen LogP contribution in [0.15, 0.2) is 30.5 Å². The minimum absolute atomic E-state index is 0.0411. The Morgan fingerprint density at radius 3 is 2.86 bits per heavy atom. The van der Waals surface area contributed by atoms with Gasteiger partial charge >= 0.3 is 0 Å². The largest absolute Gasteiger partial charge is 0.472 e. The van der Waals surface area contributed by atoms with Gasteiger partial charge in [0.15, 0.2) is 0 Å². The highest BCUT2D eigenvalue weighted by molar-refractivity contribution is 7.78. The minimum Gasteiger partial charge on any atom is -0.472 e. The molecule has 1 aromatic heterocycles. The lowest BCUT2D eigenvalue weighted by atomic mass is 10.1. The Morgan fingerprint density at radius 2 is 2.24 bits per heavy atom. The van der Waals surface area contributed by atoms with Crippen LogP contribution in [-0.2, 0) is 6.61 Å². The summed E-state index contributed by atoms with van der Waals surface area (Å²) in [6.07, 6.45) is 1.58. The van der Waals surface area contributed by atoms with Crippen molar-refractivity contribution in [3.8, 4) is 11.6 Å². The fourth-order valence-corrected chi connectivity index (χ4v) is 1.95. The van der Waals surface area contributed by atoms with Crippen LogP contribution in [0.4, 0.5) is 4.39 Å². The van der Waals surface area contributed by atoms with E-state index in [0.29, 0.717) is 11.4 Å². The molecule has 0 spiro atoms. The average molecular weight is 332 g/mol. The molecule has 0 atom stereocenters. The molecule has 1 aromatic carbocycles. The normalized spacial score (nSPS) is 10.2. The first-order chi connectivity index (χ1) is 10.2. The minimum atomic E-state index is -1.02. The molecular formula is C12H11ClFN3O3S. The van der Waals surface area contributed by atoms with Crippen LogP contribution < -0.4 is 14.3 Å². The first-order valence-corrected chi connectivity index (χ1v) is 6.53. The molecule has 1 amide bonds. The van der Waals surface area contributed by atoms with Crippen LogP contribution in [0.3, 0.4) is 0 Å². The zero-order valence-electron chi connectivity index (χ0n) is 10.6. The number of thiol groups is 1. The summed E-state index contributed by atoms with van der Waals surface area (Å²) in [4.78, 5) is 13.7. The van der Waals surface area contributed by atoms with E-state index in [2.05, 4.69) is 17.9 Å². The summed E-state index contributed by atoms with van der Waals surface area (Å²) in [7, 11) is 0. The Bertz CT molecular complexity index is 638. The van der Waals surface area contributed by atoms with E-state index in [9.17, 15) is 9.18 Å². The van der Waals surface area contributed by atoms with Crippen molar-refractivity contribution < 1.29 is 18.7 Å². The standard InChI is InChI=1S/C12H11ClFN3O3S/c13-15-12(18)8-2-1-3-10(20-7-14)9(8)6-19-11-4-5-17(21)16-11/h1-5,21H,6-7H2,(H,15,18). The lowest BCUT2D eigenvalue weighted by Crippen LogP contribution is -2.16. The van der Waals surface area contributed by atoms with Gasteiger partial charge in [0.25, 0.3) is 5.91 Å². The van der Waals surface area contributed by atoms with Gasteiger partial charge in [-0.2, -0.15) is 0 Å². The molecule has 1 heterocycles. The van der Waals surface area contributed by atoms with Gasteiger partial charge in [0, 0.05) is 29.6 Å². The quantitative estimate of drug-likeness (QED) is 0.630. The van der Waals surface area contributed by atoms with E-state index in [0.717, 1.165) is 0 Å². The summed E-state index contributed by atoms with van der Waals surface area (Å²) in [6, 6.07) is 6.20. The maximum atomic E-state index is 12.4.